The van der Waals surface area contributed by atoms with Crippen molar-refractivity contribution in [1.29, 1.82) is 0 Å². The van der Waals surface area contributed by atoms with Crippen LogP contribution in [0.2, 0.25) is 0 Å². The van der Waals surface area contributed by atoms with Gasteiger partial charge in [0, 0.05) is 18.0 Å². The van der Waals surface area contributed by atoms with E-state index in [9.17, 15) is 14.4 Å². The van der Waals surface area contributed by atoms with E-state index in [1.807, 2.05) is 13.8 Å². The number of aromatic nitrogens is 1. The van der Waals surface area contributed by atoms with Gasteiger partial charge in [0.1, 0.15) is 6.54 Å². The summed E-state index contributed by atoms with van der Waals surface area (Å²) in [4.78, 5) is 45.5. The Morgan fingerprint density at radius 3 is 2.56 bits per heavy atom. The number of nitrogens with zero attached hydrogens (tertiary/aromatic N) is 3. The number of hydrogen-bond donors (Lipinski definition) is 2. The normalized spacial score (nSPS) is 11.9. The fourth-order valence-electron chi connectivity index (χ4n) is 3.58. The summed E-state index contributed by atoms with van der Waals surface area (Å²) in [5.41, 5.74) is 0.602. The molecule has 1 atom stereocenters. The van der Waals surface area contributed by atoms with Crippen molar-refractivity contribution in [1.82, 2.24) is 20.1 Å². The lowest BCUT2D eigenvalue weighted by molar-refractivity contribution is -0.121. The van der Waals surface area contributed by atoms with E-state index in [0.29, 0.717) is 23.8 Å². The maximum Gasteiger partial charge on any atom is 0.290 e. The van der Waals surface area contributed by atoms with Gasteiger partial charge in [-0.1, -0.05) is 20.8 Å². The van der Waals surface area contributed by atoms with E-state index in [2.05, 4.69) is 34.4 Å². The van der Waals surface area contributed by atoms with E-state index in [1.165, 1.54) is 22.5 Å². The Balaban J connectivity index is 1.79. The standard InChI is InChI=1S/C24H37N5O4S/c1-5-12-29(23(32)20-11-9-14-33-20)16-22(31)27-24-26-19(17-34-24)15-21(30)25-18(4)10-8-13-28(6-2)7-3/h9,11,14,17-18H,5-8,10,12-13,15-16H2,1-4H3,(H,25,30)(H,26,27,31). The lowest BCUT2D eigenvalue weighted by Gasteiger charge is -2.20. The van der Waals surface area contributed by atoms with Gasteiger partial charge in [-0.05, 0) is 58.0 Å². The van der Waals surface area contributed by atoms with E-state index >= 15 is 0 Å². The molecular formula is C24H37N5O4S. The Morgan fingerprint density at radius 2 is 1.91 bits per heavy atom. The molecule has 0 radical (unpaired) electrons. The Bertz CT molecular complexity index is 895. The zero-order valence-corrected chi connectivity index (χ0v) is 21.5. The molecule has 0 spiro atoms. The van der Waals surface area contributed by atoms with Crippen molar-refractivity contribution >= 4 is 34.2 Å². The summed E-state index contributed by atoms with van der Waals surface area (Å²) in [5.74, 6) is -0.562. The van der Waals surface area contributed by atoms with Crippen LogP contribution in [0.5, 0.6) is 0 Å². The van der Waals surface area contributed by atoms with Crippen LogP contribution in [-0.2, 0) is 16.0 Å². The Hall–Kier alpha value is -2.72. The number of carbonyl (C=O) groups is 3. The summed E-state index contributed by atoms with van der Waals surface area (Å²) in [5, 5.41) is 7.91. The van der Waals surface area contributed by atoms with Crippen molar-refractivity contribution in [2.75, 3.05) is 38.0 Å². The van der Waals surface area contributed by atoms with Crippen LogP contribution in [0.4, 0.5) is 5.13 Å². The molecule has 0 saturated heterocycles. The fourth-order valence-corrected chi connectivity index (χ4v) is 4.31. The number of hydrogen-bond acceptors (Lipinski definition) is 7. The lowest BCUT2D eigenvalue weighted by atomic mass is 10.1. The van der Waals surface area contributed by atoms with Gasteiger partial charge >= 0.3 is 0 Å². The predicted molar refractivity (Wildman–Crippen MR) is 134 cm³/mol. The second kappa shape index (κ2) is 14.5. The molecule has 2 heterocycles. The van der Waals surface area contributed by atoms with Crippen molar-refractivity contribution < 1.29 is 18.8 Å². The van der Waals surface area contributed by atoms with E-state index < -0.39 is 0 Å². The first-order valence-corrected chi connectivity index (χ1v) is 12.8. The summed E-state index contributed by atoms with van der Waals surface area (Å²) in [6.07, 6.45) is 4.26. The third-order valence-corrected chi connectivity index (χ3v) is 6.21. The number of thiazole rings is 1. The van der Waals surface area contributed by atoms with Crippen LogP contribution < -0.4 is 10.6 Å². The van der Waals surface area contributed by atoms with Gasteiger partial charge in [0.2, 0.25) is 11.8 Å². The Morgan fingerprint density at radius 1 is 1.15 bits per heavy atom. The SMILES string of the molecule is CCCN(CC(=O)Nc1nc(CC(=O)NC(C)CCCN(CC)CC)cs1)C(=O)c1ccco1. The summed E-state index contributed by atoms with van der Waals surface area (Å²) in [6, 6.07) is 3.31. The average Bonchev–Trinajstić information content (AvgIpc) is 3.48. The van der Waals surface area contributed by atoms with Gasteiger partial charge in [0.25, 0.3) is 5.91 Å². The van der Waals surface area contributed by atoms with Crippen LogP contribution in [0.25, 0.3) is 0 Å². The van der Waals surface area contributed by atoms with Crippen molar-refractivity contribution in [3.8, 4) is 0 Å². The number of amides is 3. The highest BCUT2D eigenvalue weighted by Gasteiger charge is 2.21. The molecule has 0 fully saturated rings. The van der Waals surface area contributed by atoms with Crippen LogP contribution in [0, 0.1) is 0 Å². The van der Waals surface area contributed by atoms with Crippen LogP contribution in [0.1, 0.15) is 63.2 Å². The number of rotatable bonds is 15. The van der Waals surface area contributed by atoms with Crippen molar-refractivity contribution in [3.63, 3.8) is 0 Å². The van der Waals surface area contributed by atoms with Crippen LogP contribution in [0.15, 0.2) is 28.2 Å². The van der Waals surface area contributed by atoms with E-state index in [1.54, 1.807) is 17.5 Å². The van der Waals surface area contributed by atoms with Crippen molar-refractivity contribution in [2.45, 2.75) is 59.4 Å². The zero-order chi connectivity index (χ0) is 24.9. The van der Waals surface area contributed by atoms with Crippen LogP contribution >= 0.6 is 11.3 Å². The molecule has 1 unspecified atom stereocenters. The molecular weight excluding hydrogens is 454 g/mol. The quantitative estimate of drug-likeness (QED) is 0.395. The molecule has 0 aliphatic heterocycles. The summed E-state index contributed by atoms with van der Waals surface area (Å²) >= 11 is 1.26. The first-order chi connectivity index (χ1) is 16.4. The van der Waals surface area contributed by atoms with Gasteiger partial charge in [-0.2, -0.15) is 0 Å². The fraction of sp³-hybridized carbons (Fsp3) is 0.583. The second-order valence-electron chi connectivity index (χ2n) is 8.21. The highest BCUT2D eigenvalue weighted by Crippen LogP contribution is 2.16. The number of nitrogens with one attached hydrogen (secondary N) is 2. The number of anilines is 1. The average molecular weight is 492 g/mol. The van der Waals surface area contributed by atoms with Crippen molar-refractivity contribution in [3.05, 3.63) is 35.2 Å². The molecule has 9 nitrogen and oxygen atoms in total. The molecule has 0 bridgehead atoms. The second-order valence-corrected chi connectivity index (χ2v) is 9.07. The van der Waals surface area contributed by atoms with Gasteiger partial charge in [-0.3, -0.25) is 14.4 Å². The summed E-state index contributed by atoms with van der Waals surface area (Å²) < 4.78 is 5.16. The maximum absolute atomic E-state index is 12.5. The Labute approximate surface area is 205 Å². The first-order valence-electron chi connectivity index (χ1n) is 11.9. The van der Waals surface area contributed by atoms with Gasteiger partial charge < -0.3 is 24.9 Å². The van der Waals surface area contributed by atoms with E-state index in [4.69, 9.17) is 4.42 Å². The van der Waals surface area contributed by atoms with Gasteiger partial charge in [-0.25, -0.2) is 4.98 Å². The summed E-state index contributed by atoms with van der Waals surface area (Å²) in [6.45, 7) is 11.7. The molecule has 2 N–H and O–H groups in total. The molecule has 0 saturated carbocycles. The molecule has 2 aromatic heterocycles. The Kier molecular flexibility index (Phi) is 11.8. The van der Waals surface area contributed by atoms with Crippen LogP contribution in [-0.4, -0.2) is 71.3 Å². The molecule has 0 aromatic carbocycles. The van der Waals surface area contributed by atoms with E-state index in [0.717, 1.165) is 32.5 Å². The molecule has 188 valence electrons. The maximum atomic E-state index is 12.5. The van der Waals surface area contributed by atoms with Crippen molar-refractivity contribution in [2.24, 2.45) is 0 Å². The molecule has 3 amide bonds. The predicted octanol–water partition coefficient (Wildman–Crippen LogP) is 3.40. The zero-order valence-electron chi connectivity index (χ0n) is 20.6. The molecule has 34 heavy (non-hydrogen) atoms. The molecule has 2 rings (SSSR count). The topological polar surface area (TPSA) is 108 Å². The highest BCUT2D eigenvalue weighted by atomic mass is 32.1. The third kappa shape index (κ3) is 9.26. The minimum atomic E-state index is -0.347. The van der Waals surface area contributed by atoms with E-state index in [-0.39, 0.29) is 42.5 Å². The van der Waals surface area contributed by atoms with Gasteiger partial charge in [-0.15, -0.1) is 11.3 Å². The first kappa shape index (κ1) is 27.5. The lowest BCUT2D eigenvalue weighted by Crippen LogP contribution is -2.38. The number of carbonyl (C=O) groups excluding carboxylic acids is 3. The smallest absolute Gasteiger partial charge is 0.290 e. The minimum absolute atomic E-state index is 0.0864. The largest absolute Gasteiger partial charge is 0.459 e. The van der Waals surface area contributed by atoms with Crippen LogP contribution in [0.3, 0.4) is 0 Å². The number of furan rings is 1. The summed E-state index contributed by atoms with van der Waals surface area (Å²) in [7, 11) is 0. The highest BCUT2D eigenvalue weighted by molar-refractivity contribution is 7.13. The van der Waals surface area contributed by atoms with Gasteiger partial charge in [0.15, 0.2) is 10.9 Å². The third-order valence-electron chi connectivity index (χ3n) is 5.40. The minimum Gasteiger partial charge on any atom is -0.459 e. The molecule has 0 aliphatic rings. The molecule has 10 heteroatoms. The molecule has 0 aliphatic carbocycles. The van der Waals surface area contributed by atoms with Gasteiger partial charge in [0.05, 0.1) is 18.4 Å². The monoisotopic (exact) mass is 491 g/mol. The molecule has 2 aromatic rings.